The summed E-state index contributed by atoms with van der Waals surface area (Å²) < 4.78 is 5.69. The highest BCUT2D eigenvalue weighted by atomic mass is 16.5. The highest BCUT2D eigenvalue weighted by Gasteiger charge is 2.43. The van der Waals surface area contributed by atoms with Crippen LogP contribution in [0.4, 0.5) is 0 Å². The molecule has 0 spiro atoms. The fraction of sp³-hybridized carbons (Fsp3) is 0.933. The van der Waals surface area contributed by atoms with Crippen molar-refractivity contribution in [3.63, 3.8) is 0 Å². The van der Waals surface area contributed by atoms with Crippen molar-refractivity contribution in [3.05, 3.63) is 0 Å². The van der Waals surface area contributed by atoms with E-state index in [-0.39, 0.29) is 5.92 Å². The molecule has 2 aliphatic carbocycles. The number of ketones is 1. The summed E-state index contributed by atoms with van der Waals surface area (Å²) in [6.45, 7) is 2.28. The molecule has 0 unspecified atom stereocenters. The van der Waals surface area contributed by atoms with Crippen LogP contribution in [0.3, 0.4) is 0 Å². The maximum Gasteiger partial charge on any atom is 0.167 e. The molecule has 2 rings (SSSR count). The van der Waals surface area contributed by atoms with Crippen molar-refractivity contribution in [2.75, 3.05) is 7.11 Å². The van der Waals surface area contributed by atoms with Gasteiger partial charge in [0.15, 0.2) is 5.78 Å². The van der Waals surface area contributed by atoms with Gasteiger partial charge in [0.25, 0.3) is 0 Å². The van der Waals surface area contributed by atoms with Crippen LogP contribution in [-0.2, 0) is 9.53 Å². The first-order valence-electron chi connectivity index (χ1n) is 7.27. The van der Waals surface area contributed by atoms with Crippen LogP contribution < -0.4 is 0 Å². The van der Waals surface area contributed by atoms with E-state index in [2.05, 4.69) is 6.92 Å². The zero-order valence-electron chi connectivity index (χ0n) is 11.3. The van der Waals surface area contributed by atoms with Crippen LogP contribution in [0.1, 0.15) is 64.7 Å². The van der Waals surface area contributed by atoms with Gasteiger partial charge in [0.05, 0.1) is 0 Å². The Morgan fingerprint density at radius 2 is 1.65 bits per heavy atom. The summed E-state index contributed by atoms with van der Waals surface area (Å²) in [7, 11) is 1.73. The lowest BCUT2D eigenvalue weighted by Gasteiger charge is -2.39. The van der Waals surface area contributed by atoms with Gasteiger partial charge in [-0.25, -0.2) is 0 Å². The molecule has 0 aromatic rings. The Kier molecular flexibility index (Phi) is 4.24. The van der Waals surface area contributed by atoms with Gasteiger partial charge >= 0.3 is 0 Å². The van der Waals surface area contributed by atoms with Crippen LogP contribution in [-0.4, -0.2) is 18.5 Å². The third kappa shape index (κ3) is 2.73. The molecule has 17 heavy (non-hydrogen) atoms. The smallest absolute Gasteiger partial charge is 0.167 e. The topological polar surface area (TPSA) is 26.3 Å². The van der Waals surface area contributed by atoms with E-state index in [0.29, 0.717) is 5.78 Å². The number of carbonyl (C=O) groups is 1. The molecule has 0 bridgehead atoms. The van der Waals surface area contributed by atoms with Gasteiger partial charge in [0, 0.05) is 13.0 Å². The lowest BCUT2D eigenvalue weighted by Crippen LogP contribution is -2.47. The molecule has 2 heteroatoms. The van der Waals surface area contributed by atoms with Crippen LogP contribution in [0.25, 0.3) is 0 Å². The monoisotopic (exact) mass is 238 g/mol. The Morgan fingerprint density at radius 3 is 2.18 bits per heavy atom. The minimum atomic E-state index is -0.422. The van der Waals surface area contributed by atoms with Crippen molar-refractivity contribution in [2.45, 2.75) is 70.3 Å². The molecule has 0 saturated heterocycles. The van der Waals surface area contributed by atoms with E-state index in [1.807, 2.05) is 0 Å². The third-order valence-corrected chi connectivity index (χ3v) is 4.90. The van der Waals surface area contributed by atoms with Gasteiger partial charge in [0.1, 0.15) is 5.60 Å². The molecule has 2 nitrogen and oxygen atoms in total. The quantitative estimate of drug-likeness (QED) is 0.749. The largest absolute Gasteiger partial charge is 0.370 e. The molecule has 0 heterocycles. The molecule has 0 aromatic heterocycles. The molecule has 0 aliphatic heterocycles. The van der Waals surface area contributed by atoms with Gasteiger partial charge in [-0.05, 0) is 44.4 Å². The van der Waals surface area contributed by atoms with Crippen LogP contribution >= 0.6 is 0 Å². The Bertz CT molecular complexity index is 258. The fourth-order valence-electron chi connectivity index (χ4n) is 3.52. The molecule has 2 aliphatic rings. The third-order valence-electron chi connectivity index (χ3n) is 4.90. The van der Waals surface area contributed by atoms with Crippen LogP contribution in [0.5, 0.6) is 0 Å². The Balaban J connectivity index is 2.03. The minimum Gasteiger partial charge on any atom is -0.370 e. The molecule has 2 fully saturated rings. The second-order valence-electron chi connectivity index (χ2n) is 6.08. The van der Waals surface area contributed by atoms with E-state index in [1.54, 1.807) is 7.11 Å². The summed E-state index contributed by atoms with van der Waals surface area (Å²) in [6.07, 6.45) is 10.1. The first kappa shape index (κ1) is 13.1. The van der Waals surface area contributed by atoms with Gasteiger partial charge in [-0.1, -0.05) is 26.2 Å². The van der Waals surface area contributed by atoms with E-state index in [4.69, 9.17) is 4.74 Å². The van der Waals surface area contributed by atoms with E-state index < -0.39 is 5.60 Å². The normalized spacial score (nSPS) is 35.8. The summed E-state index contributed by atoms with van der Waals surface area (Å²) in [4.78, 5) is 12.7. The molecule has 0 atom stereocenters. The van der Waals surface area contributed by atoms with E-state index >= 15 is 0 Å². The minimum absolute atomic E-state index is 0.289. The first-order valence-corrected chi connectivity index (χ1v) is 7.27. The molecule has 0 N–H and O–H groups in total. The van der Waals surface area contributed by atoms with Crippen molar-refractivity contribution in [1.82, 2.24) is 0 Å². The van der Waals surface area contributed by atoms with Crippen molar-refractivity contribution < 1.29 is 9.53 Å². The van der Waals surface area contributed by atoms with Gasteiger partial charge in [0.2, 0.25) is 0 Å². The average Bonchev–Trinajstić information content (AvgIpc) is 2.40. The van der Waals surface area contributed by atoms with Crippen LogP contribution in [0, 0.1) is 11.8 Å². The Morgan fingerprint density at radius 1 is 1.06 bits per heavy atom. The number of methoxy groups -OCH3 is 1. The lowest BCUT2D eigenvalue weighted by atomic mass is 9.71. The van der Waals surface area contributed by atoms with E-state index in [1.165, 1.54) is 19.3 Å². The number of hydrogen-bond donors (Lipinski definition) is 0. The standard InChI is InChI=1S/C15H26O2/c1-12-8-10-15(17-2,11-9-12)14(16)13-6-4-3-5-7-13/h12-13H,3-11H2,1-2H3. The molecular weight excluding hydrogens is 212 g/mol. The lowest BCUT2D eigenvalue weighted by molar-refractivity contribution is -0.151. The molecule has 0 aromatic carbocycles. The van der Waals surface area contributed by atoms with Crippen molar-refractivity contribution in [3.8, 4) is 0 Å². The van der Waals surface area contributed by atoms with Crippen molar-refractivity contribution in [2.24, 2.45) is 11.8 Å². The fourth-order valence-corrected chi connectivity index (χ4v) is 3.52. The zero-order chi connectivity index (χ0) is 12.3. The summed E-state index contributed by atoms with van der Waals surface area (Å²) in [5.41, 5.74) is -0.422. The average molecular weight is 238 g/mol. The molecule has 0 radical (unpaired) electrons. The highest BCUT2D eigenvalue weighted by molar-refractivity contribution is 5.89. The predicted octanol–water partition coefficient (Wildman–Crippen LogP) is 3.73. The first-order chi connectivity index (χ1) is 8.18. The summed E-state index contributed by atoms with van der Waals surface area (Å²) in [5, 5.41) is 0. The number of ether oxygens (including phenoxy) is 1. The number of carbonyl (C=O) groups excluding carboxylic acids is 1. The van der Waals surface area contributed by atoms with Crippen LogP contribution in [0.15, 0.2) is 0 Å². The summed E-state index contributed by atoms with van der Waals surface area (Å²) in [6, 6.07) is 0. The molecular formula is C15H26O2. The van der Waals surface area contributed by atoms with Crippen molar-refractivity contribution >= 4 is 5.78 Å². The van der Waals surface area contributed by atoms with Crippen molar-refractivity contribution in [1.29, 1.82) is 0 Å². The van der Waals surface area contributed by atoms with Gasteiger partial charge in [-0.2, -0.15) is 0 Å². The molecule has 0 amide bonds. The van der Waals surface area contributed by atoms with Gasteiger partial charge in [-0.15, -0.1) is 0 Å². The molecule has 2 saturated carbocycles. The number of hydrogen-bond acceptors (Lipinski definition) is 2. The predicted molar refractivity (Wildman–Crippen MR) is 69.0 cm³/mol. The summed E-state index contributed by atoms with van der Waals surface area (Å²) in [5.74, 6) is 1.47. The maximum absolute atomic E-state index is 12.7. The zero-order valence-corrected chi connectivity index (χ0v) is 11.3. The Labute approximate surface area is 105 Å². The van der Waals surface area contributed by atoms with Gasteiger partial charge < -0.3 is 4.74 Å². The SMILES string of the molecule is COC1(C(=O)C2CCCCC2)CCC(C)CC1. The second kappa shape index (κ2) is 5.51. The van der Waals surface area contributed by atoms with Crippen LogP contribution in [0.2, 0.25) is 0 Å². The van der Waals surface area contributed by atoms with E-state index in [9.17, 15) is 4.79 Å². The van der Waals surface area contributed by atoms with Gasteiger partial charge in [-0.3, -0.25) is 4.79 Å². The van der Waals surface area contributed by atoms with E-state index in [0.717, 1.165) is 44.4 Å². The Hall–Kier alpha value is -0.370. The highest BCUT2D eigenvalue weighted by Crippen LogP contribution is 2.39. The number of Topliss-reactive ketones (excluding diaryl/α,β-unsaturated/α-hetero) is 1. The second-order valence-corrected chi connectivity index (χ2v) is 6.08. The number of rotatable bonds is 3. The maximum atomic E-state index is 12.7. The summed E-state index contributed by atoms with van der Waals surface area (Å²) >= 11 is 0. The molecule has 98 valence electrons.